The summed E-state index contributed by atoms with van der Waals surface area (Å²) < 4.78 is 34.5. The fourth-order valence-corrected chi connectivity index (χ4v) is 3.15. The van der Waals surface area contributed by atoms with Crippen molar-refractivity contribution >= 4 is 16.1 Å². The van der Waals surface area contributed by atoms with Gasteiger partial charge >= 0.3 is 5.97 Å². The zero-order valence-electron chi connectivity index (χ0n) is 11.8. The number of hydrogen-bond donors (Lipinski definition) is 0. The maximum atomic E-state index is 12.2. The normalized spacial score (nSPS) is 26.6. The highest BCUT2D eigenvalue weighted by Gasteiger charge is 2.49. The first-order valence-corrected chi connectivity index (χ1v) is 7.86. The quantitative estimate of drug-likeness (QED) is 0.628. The van der Waals surface area contributed by atoms with Crippen molar-refractivity contribution in [2.45, 2.75) is 38.2 Å². The first-order valence-electron chi connectivity index (χ1n) is 6.45. The minimum Gasteiger partial charge on any atom is -0.463 e. The second-order valence-corrected chi connectivity index (χ2v) is 6.93. The molecule has 2 atom stereocenters. The van der Waals surface area contributed by atoms with E-state index in [9.17, 15) is 13.2 Å². The summed E-state index contributed by atoms with van der Waals surface area (Å²) in [6.07, 6.45) is -0.494. The molecule has 0 saturated carbocycles. The summed E-state index contributed by atoms with van der Waals surface area (Å²) >= 11 is 0. The minimum absolute atomic E-state index is 0.0428. The molecular formula is C14H18O5S. The zero-order valence-corrected chi connectivity index (χ0v) is 12.6. The predicted molar refractivity (Wildman–Crippen MR) is 72.6 cm³/mol. The molecule has 1 aliphatic rings. The summed E-state index contributed by atoms with van der Waals surface area (Å²) in [4.78, 5) is 11.7. The van der Waals surface area contributed by atoms with E-state index in [-0.39, 0.29) is 11.5 Å². The van der Waals surface area contributed by atoms with Crippen LogP contribution in [-0.4, -0.2) is 27.1 Å². The van der Waals surface area contributed by atoms with E-state index in [0.29, 0.717) is 6.42 Å². The molecule has 20 heavy (non-hydrogen) atoms. The molecule has 110 valence electrons. The van der Waals surface area contributed by atoms with Gasteiger partial charge in [0.05, 0.1) is 11.5 Å². The van der Waals surface area contributed by atoms with Crippen molar-refractivity contribution in [3.05, 3.63) is 29.8 Å². The van der Waals surface area contributed by atoms with E-state index in [1.165, 1.54) is 12.1 Å². The Morgan fingerprint density at radius 1 is 1.35 bits per heavy atom. The van der Waals surface area contributed by atoms with E-state index in [1.54, 1.807) is 19.1 Å². The van der Waals surface area contributed by atoms with Crippen LogP contribution < -0.4 is 0 Å². The van der Waals surface area contributed by atoms with E-state index >= 15 is 0 Å². The van der Waals surface area contributed by atoms with Crippen molar-refractivity contribution in [3.8, 4) is 0 Å². The molecule has 0 aromatic heterocycles. The van der Waals surface area contributed by atoms with Crippen molar-refractivity contribution in [1.82, 2.24) is 0 Å². The van der Waals surface area contributed by atoms with Crippen LogP contribution in [0.1, 0.15) is 25.8 Å². The van der Waals surface area contributed by atoms with Crippen molar-refractivity contribution in [1.29, 1.82) is 0 Å². The Bertz CT molecular complexity index is 605. The average molecular weight is 298 g/mol. The SMILES string of the molecule is CC[C@]1(C)COC(=O)[C@@H]1OS(=O)(=O)c1ccc(C)cc1. The van der Waals surface area contributed by atoms with Gasteiger partial charge in [-0.2, -0.15) is 8.42 Å². The molecule has 0 unspecified atom stereocenters. The molecule has 0 N–H and O–H groups in total. The molecule has 0 spiro atoms. The first-order chi connectivity index (χ1) is 9.28. The average Bonchev–Trinajstić information content (AvgIpc) is 2.68. The molecule has 1 aromatic carbocycles. The van der Waals surface area contributed by atoms with Gasteiger partial charge in [0.15, 0.2) is 6.10 Å². The van der Waals surface area contributed by atoms with Crippen LogP contribution >= 0.6 is 0 Å². The van der Waals surface area contributed by atoms with E-state index in [0.717, 1.165) is 5.56 Å². The molecule has 5 nitrogen and oxygen atoms in total. The topological polar surface area (TPSA) is 69.7 Å². The van der Waals surface area contributed by atoms with Gasteiger partial charge in [-0.05, 0) is 25.5 Å². The van der Waals surface area contributed by atoms with Crippen molar-refractivity contribution in [2.24, 2.45) is 5.41 Å². The number of cyclic esters (lactones) is 1. The van der Waals surface area contributed by atoms with Gasteiger partial charge in [-0.1, -0.05) is 31.5 Å². The highest BCUT2D eigenvalue weighted by atomic mass is 32.2. The number of rotatable bonds is 4. The third-order valence-electron chi connectivity index (χ3n) is 3.73. The molecule has 0 radical (unpaired) electrons. The summed E-state index contributed by atoms with van der Waals surface area (Å²) in [5.41, 5.74) is 0.331. The Labute approximate surface area is 119 Å². The van der Waals surface area contributed by atoms with Crippen LogP contribution in [0.3, 0.4) is 0 Å². The standard InChI is InChI=1S/C14H18O5S/c1-4-14(3)9-18-13(15)12(14)19-20(16,17)11-7-5-10(2)6-8-11/h5-8,12H,4,9H2,1-3H3/t12-,14+/m0/s1. The van der Waals surface area contributed by atoms with E-state index in [2.05, 4.69) is 0 Å². The summed E-state index contributed by atoms with van der Waals surface area (Å²) in [6.45, 7) is 5.69. The van der Waals surface area contributed by atoms with Gasteiger partial charge in [0, 0.05) is 5.41 Å². The lowest BCUT2D eigenvalue weighted by atomic mass is 9.84. The molecule has 0 amide bonds. The second kappa shape index (κ2) is 5.18. The van der Waals surface area contributed by atoms with Gasteiger partial charge in [0.2, 0.25) is 0 Å². The highest BCUT2D eigenvalue weighted by Crippen LogP contribution is 2.36. The summed E-state index contributed by atoms with van der Waals surface area (Å²) in [5, 5.41) is 0. The molecule has 1 aromatic rings. The van der Waals surface area contributed by atoms with Gasteiger partial charge in [-0.15, -0.1) is 0 Å². The zero-order chi connectivity index (χ0) is 15.0. The van der Waals surface area contributed by atoms with Gasteiger partial charge in [-0.3, -0.25) is 4.18 Å². The number of ether oxygens (including phenoxy) is 1. The third-order valence-corrected chi connectivity index (χ3v) is 5.03. The molecule has 1 aliphatic heterocycles. The smallest absolute Gasteiger partial charge is 0.337 e. The molecule has 6 heteroatoms. The van der Waals surface area contributed by atoms with Crippen LogP contribution in [0.25, 0.3) is 0 Å². The fourth-order valence-electron chi connectivity index (χ4n) is 2.00. The van der Waals surface area contributed by atoms with Crippen LogP contribution in [0.5, 0.6) is 0 Å². The van der Waals surface area contributed by atoms with E-state index in [4.69, 9.17) is 8.92 Å². The Hall–Kier alpha value is -1.40. The number of esters is 1. The predicted octanol–water partition coefficient (Wildman–Crippen LogP) is 2.04. The molecule has 2 rings (SSSR count). The molecule has 1 heterocycles. The maximum absolute atomic E-state index is 12.2. The molecule has 1 fully saturated rings. The Balaban J connectivity index is 2.28. The summed E-state index contributed by atoms with van der Waals surface area (Å²) in [6, 6.07) is 6.30. The van der Waals surface area contributed by atoms with Crippen molar-refractivity contribution in [3.63, 3.8) is 0 Å². The van der Waals surface area contributed by atoms with Crippen LogP contribution in [-0.2, 0) is 23.8 Å². The van der Waals surface area contributed by atoms with Gasteiger partial charge in [0.1, 0.15) is 0 Å². The highest BCUT2D eigenvalue weighted by molar-refractivity contribution is 7.86. The number of benzene rings is 1. The largest absolute Gasteiger partial charge is 0.463 e. The van der Waals surface area contributed by atoms with Crippen LogP contribution in [0.15, 0.2) is 29.2 Å². The second-order valence-electron chi connectivity index (χ2n) is 5.36. The first kappa shape index (κ1) is 15.0. The van der Waals surface area contributed by atoms with E-state index < -0.39 is 27.6 Å². The molecule has 0 bridgehead atoms. The van der Waals surface area contributed by atoms with Gasteiger partial charge in [0.25, 0.3) is 10.1 Å². The Kier molecular flexibility index (Phi) is 3.88. The Morgan fingerprint density at radius 3 is 2.50 bits per heavy atom. The number of aryl methyl sites for hydroxylation is 1. The molecule has 1 saturated heterocycles. The van der Waals surface area contributed by atoms with Gasteiger partial charge in [-0.25, -0.2) is 4.79 Å². The Morgan fingerprint density at radius 2 is 1.95 bits per heavy atom. The lowest BCUT2D eigenvalue weighted by molar-refractivity contribution is -0.143. The molecule has 0 aliphatic carbocycles. The maximum Gasteiger partial charge on any atom is 0.337 e. The third kappa shape index (κ3) is 2.71. The van der Waals surface area contributed by atoms with E-state index in [1.807, 2.05) is 13.8 Å². The fraction of sp³-hybridized carbons (Fsp3) is 0.500. The van der Waals surface area contributed by atoms with Crippen LogP contribution in [0, 0.1) is 12.3 Å². The van der Waals surface area contributed by atoms with Crippen molar-refractivity contribution in [2.75, 3.05) is 6.61 Å². The lowest BCUT2D eigenvalue weighted by Gasteiger charge is -2.24. The molecular weight excluding hydrogens is 280 g/mol. The minimum atomic E-state index is -3.98. The summed E-state index contributed by atoms with van der Waals surface area (Å²) in [5.74, 6) is -0.620. The van der Waals surface area contributed by atoms with Gasteiger partial charge < -0.3 is 4.74 Å². The summed E-state index contributed by atoms with van der Waals surface area (Å²) in [7, 11) is -3.98. The van der Waals surface area contributed by atoms with Crippen LogP contribution in [0.4, 0.5) is 0 Å². The lowest BCUT2D eigenvalue weighted by Crippen LogP contribution is -2.36. The number of carbonyl (C=O) groups is 1. The van der Waals surface area contributed by atoms with Crippen LogP contribution in [0.2, 0.25) is 0 Å². The monoisotopic (exact) mass is 298 g/mol. The van der Waals surface area contributed by atoms with Crippen molar-refractivity contribution < 1.29 is 22.1 Å². The number of hydrogen-bond acceptors (Lipinski definition) is 5. The number of carbonyl (C=O) groups excluding carboxylic acids is 1.